The Morgan fingerprint density at radius 1 is 1.41 bits per heavy atom. The molecule has 17 heavy (non-hydrogen) atoms. The van der Waals surface area contributed by atoms with Crippen LogP contribution in [0, 0.1) is 5.92 Å². The van der Waals surface area contributed by atoms with Crippen LogP contribution in [0.25, 0.3) is 0 Å². The molecular weight excluding hydrogens is 212 g/mol. The Morgan fingerprint density at radius 2 is 2.18 bits per heavy atom. The topological polar surface area (TPSA) is 26.7 Å². The molecule has 0 unspecified atom stereocenters. The number of hydrogen-bond acceptors (Lipinski definition) is 3. The lowest BCUT2D eigenvalue weighted by Gasteiger charge is -2.37. The van der Waals surface area contributed by atoms with Gasteiger partial charge in [-0.25, -0.2) is 0 Å². The van der Waals surface area contributed by atoms with Gasteiger partial charge in [-0.2, -0.15) is 0 Å². The average molecular weight is 238 g/mol. The Bertz CT molecular complexity index is 257. The van der Waals surface area contributed by atoms with E-state index in [-0.39, 0.29) is 6.10 Å². The normalized spacial score (nSPS) is 32.4. The first-order chi connectivity index (χ1) is 8.20. The van der Waals surface area contributed by atoms with Crippen LogP contribution in [0.5, 0.6) is 0 Å². The van der Waals surface area contributed by atoms with Crippen molar-refractivity contribution >= 4 is 0 Å². The number of likely N-dealkylation sites (tertiary alicyclic amines) is 2. The van der Waals surface area contributed by atoms with Gasteiger partial charge in [-0.05, 0) is 51.7 Å². The third kappa shape index (κ3) is 3.30. The maximum absolute atomic E-state index is 9.99. The molecule has 2 saturated heterocycles. The fourth-order valence-corrected chi connectivity index (χ4v) is 3.28. The fraction of sp³-hybridized carbons (Fsp3) is 0.857. The molecule has 0 bridgehead atoms. The third-order valence-corrected chi connectivity index (χ3v) is 4.33. The smallest absolute Gasteiger partial charge is 0.0670 e. The van der Waals surface area contributed by atoms with E-state index >= 15 is 0 Å². The van der Waals surface area contributed by atoms with E-state index in [1.54, 1.807) is 0 Å². The number of allylic oxidation sites excluding steroid dienone is 1. The van der Waals surface area contributed by atoms with Gasteiger partial charge in [0.05, 0.1) is 6.10 Å². The van der Waals surface area contributed by atoms with Gasteiger partial charge in [-0.3, -0.25) is 4.90 Å². The molecule has 3 heteroatoms. The first-order valence-corrected chi connectivity index (χ1v) is 6.92. The van der Waals surface area contributed by atoms with E-state index in [9.17, 15) is 5.11 Å². The Hall–Kier alpha value is -0.380. The molecule has 98 valence electrons. The lowest BCUT2D eigenvalue weighted by Crippen LogP contribution is -2.48. The molecule has 2 aliphatic heterocycles. The van der Waals surface area contributed by atoms with Crippen LogP contribution in [0.4, 0.5) is 0 Å². The number of hydrogen-bond donors (Lipinski definition) is 1. The summed E-state index contributed by atoms with van der Waals surface area (Å²) in [6.45, 7) is 8.16. The Morgan fingerprint density at radius 3 is 2.94 bits per heavy atom. The third-order valence-electron chi connectivity index (χ3n) is 4.33. The van der Waals surface area contributed by atoms with Crippen LogP contribution in [-0.2, 0) is 0 Å². The summed E-state index contributed by atoms with van der Waals surface area (Å²) in [5, 5.41) is 9.99. The number of aliphatic hydroxyl groups is 1. The predicted octanol–water partition coefficient (Wildman–Crippen LogP) is 1.34. The van der Waals surface area contributed by atoms with E-state index in [4.69, 9.17) is 0 Å². The monoisotopic (exact) mass is 238 g/mol. The zero-order chi connectivity index (χ0) is 12.3. The molecule has 0 aliphatic carbocycles. The van der Waals surface area contributed by atoms with Gasteiger partial charge in [0.1, 0.15) is 0 Å². The zero-order valence-corrected chi connectivity index (χ0v) is 11.0. The van der Waals surface area contributed by atoms with E-state index < -0.39 is 0 Å². The van der Waals surface area contributed by atoms with E-state index in [1.165, 1.54) is 32.5 Å². The maximum atomic E-state index is 9.99. The summed E-state index contributed by atoms with van der Waals surface area (Å²) in [4.78, 5) is 4.93. The van der Waals surface area contributed by atoms with Crippen molar-refractivity contribution in [3.05, 3.63) is 12.7 Å². The second kappa shape index (κ2) is 5.98. The molecule has 0 aromatic heterocycles. The average Bonchev–Trinajstić information content (AvgIpc) is 2.69. The van der Waals surface area contributed by atoms with Crippen molar-refractivity contribution in [2.24, 2.45) is 5.92 Å². The molecule has 1 N–H and O–H groups in total. The quantitative estimate of drug-likeness (QED) is 0.732. The summed E-state index contributed by atoms with van der Waals surface area (Å²) >= 11 is 0. The molecule has 0 aromatic carbocycles. The summed E-state index contributed by atoms with van der Waals surface area (Å²) in [7, 11) is 2.21. The molecule has 2 rings (SSSR count). The summed E-state index contributed by atoms with van der Waals surface area (Å²) in [6.07, 6.45) is 6.15. The SMILES string of the molecule is C=CCC[C@H](O)CN1CC[C@@H]2CCN(C)C[C@@H]21. The molecule has 2 heterocycles. The maximum Gasteiger partial charge on any atom is 0.0670 e. The minimum atomic E-state index is -0.181. The summed E-state index contributed by atoms with van der Waals surface area (Å²) < 4.78 is 0. The van der Waals surface area contributed by atoms with Gasteiger partial charge >= 0.3 is 0 Å². The number of likely N-dealkylation sites (N-methyl/N-ethyl adjacent to an activating group) is 1. The minimum absolute atomic E-state index is 0.181. The molecule has 3 atom stereocenters. The molecule has 0 spiro atoms. The molecule has 2 fully saturated rings. The van der Waals surface area contributed by atoms with Crippen LogP contribution in [0.1, 0.15) is 25.7 Å². The van der Waals surface area contributed by atoms with Crippen LogP contribution in [0.15, 0.2) is 12.7 Å². The standard InChI is InChI=1S/C14H26N2O/c1-3-4-5-13(17)10-16-9-7-12-6-8-15(2)11-14(12)16/h3,12-14,17H,1,4-11H2,2H3/t12-,13-,14-/m0/s1. The Balaban J connectivity index is 1.82. The van der Waals surface area contributed by atoms with Gasteiger partial charge in [-0.15, -0.1) is 6.58 Å². The lowest BCUT2D eigenvalue weighted by molar-refractivity contribution is 0.0675. The van der Waals surface area contributed by atoms with Crippen molar-refractivity contribution in [3.63, 3.8) is 0 Å². The highest BCUT2D eigenvalue weighted by atomic mass is 16.3. The molecule has 0 aromatic rings. The largest absolute Gasteiger partial charge is 0.392 e. The predicted molar refractivity (Wildman–Crippen MR) is 71.0 cm³/mol. The lowest BCUT2D eigenvalue weighted by atomic mass is 9.92. The van der Waals surface area contributed by atoms with Crippen molar-refractivity contribution in [1.29, 1.82) is 0 Å². The minimum Gasteiger partial charge on any atom is -0.392 e. The van der Waals surface area contributed by atoms with Crippen LogP contribution < -0.4 is 0 Å². The fourth-order valence-electron chi connectivity index (χ4n) is 3.28. The molecule has 0 saturated carbocycles. The number of piperidine rings is 1. The number of rotatable bonds is 5. The van der Waals surface area contributed by atoms with Gasteiger partial charge in [0.25, 0.3) is 0 Å². The number of fused-ring (bicyclic) bond motifs is 1. The molecule has 0 radical (unpaired) electrons. The van der Waals surface area contributed by atoms with Crippen molar-refractivity contribution in [2.45, 2.75) is 37.8 Å². The van der Waals surface area contributed by atoms with Crippen molar-refractivity contribution in [1.82, 2.24) is 9.80 Å². The first-order valence-electron chi connectivity index (χ1n) is 6.92. The van der Waals surface area contributed by atoms with Gasteiger partial charge in [0, 0.05) is 19.1 Å². The summed E-state index contributed by atoms with van der Waals surface area (Å²) in [5.74, 6) is 0.873. The van der Waals surface area contributed by atoms with Crippen LogP contribution >= 0.6 is 0 Å². The van der Waals surface area contributed by atoms with Crippen LogP contribution in [0.3, 0.4) is 0 Å². The number of nitrogens with zero attached hydrogens (tertiary/aromatic N) is 2. The highest BCUT2D eigenvalue weighted by molar-refractivity contribution is 4.93. The van der Waals surface area contributed by atoms with Gasteiger partial charge in [0.2, 0.25) is 0 Å². The highest BCUT2D eigenvalue weighted by Crippen LogP contribution is 2.31. The Labute approximate surface area is 105 Å². The van der Waals surface area contributed by atoms with E-state index in [0.29, 0.717) is 6.04 Å². The summed E-state index contributed by atoms with van der Waals surface area (Å²) in [6, 6.07) is 0.687. The first kappa shape index (κ1) is 13.1. The van der Waals surface area contributed by atoms with E-state index in [0.717, 1.165) is 25.3 Å². The molecule has 0 amide bonds. The van der Waals surface area contributed by atoms with Crippen molar-refractivity contribution in [2.75, 3.05) is 33.2 Å². The van der Waals surface area contributed by atoms with Gasteiger partial charge in [0.15, 0.2) is 0 Å². The Kier molecular flexibility index (Phi) is 4.60. The van der Waals surface area contributed by atoms with E-state index in [1.807, 2.05) is 6.08 Å². The second-order valence-electron chi connectivity index (χ2n) is 5.68. The molecular formula is C14H26N2O. The number of aliphatic hydroxyl groups excluding tert-OH is 1. The second-order valence-corrected chi connectivity index (χ2v) is 5.68. The van der Waals surface area contributed by atoms with Gasteiger partial charge < -0.3 is 10.0 Å². The molecule has 2 aliphatic rings. The number of β-amino-alcohol motifs (C(OH)–C–C–N with tert-alkyl or cyclic N) is 1. The van der Waals surface area contributed by atoms with E-state index in [2.05, 4.69) is 23.4 Å². The zero-order valence-electron chi connectivity index (χ0n) is 11.0. The molecule has 3 nitrogen and oxygen atoms in total. The summed E-state index contributed by atoms with van der Waals surface area (Å²) in [5.41, 5.74) is 0. The highest BCUT2D eigenvalue weighted by Gasteiger charge is 2.37. The van der Waals surface area contributed by atoms with Crippen LogP contribution in [0.2, 0.25) is 0 Å². The van der Waals surface area contributed by atoms with Crippen LogP contribution in [-0.4, -0.2) is 60.3 Å². The van der Waals surface area contributed by atoms with Crippen molar-refractivity contribution in [3.8, 4) is 0 Å². The van der Waals surface area contributed by atoms with Gasteiger partial charge in [-0.1, -0.05) is 6.08 Å². The van der Waals surface area contributed by atoms with Crippen molar-refractivity contribution < 1.29 is 5.11 Å².